The molecule has 1 aromatic heterocycles. The molecule has 3 atom stereocenters. The molecule has 100 valence electrons. The second-order valence-corrected chi connectivity index (χ2v) is 6.07. The summed E-state index contributed by atoms with van der Waals surface area (Å²) in [5, 5.41) is 15.7. The van der Waals surface area contributed by atoms with Crippen molar-refractivity contribution in [3.05, 3.63) is 42.1 Å². The highest BCUT2D eigenvalue weighted by Crippen LogP contribution is 2.41. The topological polar surface area (TPSA) is 53.6 Å². The molecule has 2 N–H and O–H groups in total. The summed E-state index contributed by atoms with van der Waals surface area (Å²) >= 11 is 1.74. The summed E-state index contributed by atoms with van der Waals surface area (Å²) in [5.74, 6) is 0.674. The molecule has 1 aliphatic carbocycles. The Labute approximate surface area is 117 Å². The van der Waals surface area contributed by atoms with Crippen molar-refractivity contribution >= 4 is 11.8 Å². The number of hydrogen-bond donors (Lipinski definition) is 2. The number of hydrogen-bond acceptors (Lipinski definition) is 4. The third kappa shape index (κ3) is 3.16. The zero-order valence-electron chi connectivity index (χ0n) is 10.9. The van der Waals surface area contributed by atoms with Crippen LogP contribution in [-0.4, -0.2) is 26.8 Å². The maximum atomic E-state index is 4.10. The van der Waals surface area contributed by atoms with Crippen molar-refractivity contribution in [2.24, 2.45) is 0 Å². The molecule has 0 aliphatic heterocycles. The zero-order valence-corrected chi connectivity index (χ0v) is 11.7. The molecule has 3 unspecified atom stereocenters. The van der Waals surface area contributed by atoms with Gasteiger partial charge in [0.2, 0.25) is 0 Å². The first-order chi connectivity index (χ1) is 9.36. The fourth-order valence-corrected chi connectivity index (χ4v) is 3.22. The van der Waals surface area contributed by atoms with Crippen LogP contribution < -0.4 is 5.32 Å². The summed E-state index contributed by atoms with van der Waals surface area (Å²) in [5.41, 5.74) is 1.45. The Bertz CT molecular complexity index is 499. The lowest BCUT2D eigenvalue weighted by Gasteiger charge is -2.15. The molecule has 1 saturated carbocycles. The summed E-state index contributed by atoms with van der Waals surface area (Å²) in [6.07, 6.45) is 4.09. The Morgan fingerprint density at radius 1 is 1.42 bits per heavy atom. The lowest BCUT2D eigenvalue weighted by atomic mass is 10.1. The van der Waals surface area contributed by atoms with Crippen LogP contribution in [0.4, 0.5) is 0 Å². The van der Waals surface area contributed by atoms with Crippen molar-refractivity contribution in [3.8, 4) is 0 Å². The van der Waals surface area contributed by atoms with E-state index in [2.05, 4.69) is 58.0 Å². The second-order valence-electron chi connectivity index (χ2n) is 4.85. The van der Waals surface area contributed by atoms with Gasteiger partial charge in [0.05, 0.1) is 11.6 Å². The molecule has 5 heteroatoms. The van der Waals surface area contributed by atoms with E-state index in [1.807, 2.05) is 0 Å². The molecule has 0 spiro atoms. The number of aromatic nitrogens is 3. The molecule has 1 heterocycles. The molecular formula is C14H18N4S. The van der Waals surface area contributed by atoms with Gasteiger partial charge in [0.25, 0.3) is 0 Å². The van der Waals surface area contributed by atoms with Gasteiger partial charge in [0.1, 0.15) is 5.03 Å². The zero-order chi connectivity index (χ0) is 13.1. The van der Waals surface area contributed by atoms with Crippen LogP contribution in [0, 0.1) is 0 Å². The van der Waals surface area contributed by atoms with Gasteiger partial charge < -0.3 is 5.32 Å². The van der Waals surface area contributed by atoms with Crippen LogP contribution in [0.5, 0.6) is 0 Å². The van der Waals surface area contributed by atoms with Gasteiger partial charge in [-0.15, -0.1) is 5.10 Å². The van der Waals surface area contributed by atoms with Crippen LogP contribution in [0.15, 0.2) is 41.6 Å². The van der Waals surface area contributed by atoms with E-state index in [1.54, 1.807) is 18.0 Å². The number of aromatic amines is 1. The normalized spacial score (nSPS) is 23.2. The smallest absolute Gasteiger partial charge is 0.140 e. The van der Waals surface area contributed by atoms with Gasteiger partial charge in [-0.3, -0.25) is 0 Å². The van der Waals surface area contributed by atoms with Crippen LogP contribution >= 0.6 is 11.8 Å². The van der Waals surface area contributed by atoms with E-state index in [4.69, 9.17) is 0 Å². The van der Waals surface area contributed by atoms with Crippen molar-refractivity contribution in [1.29, 1.82) is 0 Å². The van der Waals surface area contributed by atoms with Crippen molar-refractivity contribution in [3.63, 3.8) is 0 Å². The minimum absolute atomic E-state index is 0.406. The maximum absolute atomic E-state index is 4.10. The molecule has 0 amide bonds. The standard InChI is InChI=1S/C14H18N4S/c1-2-13(19-14-9-15-18-17-14)16-12-8-11(12)10-6-4-3-5-7-10/h3-7,9,11-13,16H,2,8H2,1H3,(H,15,17,18). The first-order valence-corrected chi connectivity index (χ1v) is 7.58. The number of H-pyrrole nitrogens is 1. The fraction of sp³-hybridized carbons (Fsp3) is 0.429. The van der Waals surface area contributed by atoms with Gasteiger partial charge in [-0.2, -0.15) is 10.3 Å². The largest absolute Gasteiger partial charge is 0.302 e. The number of benzene rings is 1. The van der Waals surface area contributed by atoms with Crippen molar-refractivity contribution in [1.82, 2.24) is 20.7 Å². The van der Waals surface area contributed by atoms with E-state index in [0.29, 0.717) is 17.3 Å². The number of thioether (sulfide) groups is 1. The van der Waals surface area contributed by atoms with E-state index >= 15 is 0 Å². The first kappa shape index (κ1) is 12.7. The van der Waals surface area contributed by atoms with Gasteiger partial charge in [-0.1, -0.05) is 49.0 Å². The van der Waals surface area contributed by atoms with Crippen LogP contribution in [0.25, 0.3) is 0 Å². The van der Waals surface area contributed by atoms with Crippen molar-refractivity contribution < 1.29 is 0 Å². The lowest BCUT2D eigenvalue weighted by Crippen LogP contribution is -2.28. The summed E-state index contributed by atoms with van der Waals surface area (Å²) in [4.78, 5) is 0. The molecular weight excluding hydrogens is 256 g/mol. The van der Waals surface area contributed by atoms with Crippen molar-refractivity contribution in [2.75, 3.05) is 0 Å². The van der Waals surface area contributed by atoms with E-state index in [9.17, 15) is 0 Å². The minimum Gasteiger partial charge on any atom is -0.302 e. The van der Waals surface area contributed by atoms with E-state index in [1.165, 1.54) is 12.0 Å². The lowest BCUT2D eigenvalue weighted by molar-refractivity contribution is 0.618. The Kier molecular flexibility index (Phi) is 3.84. The van der Waals surface area contributed by atoms with Crippen molar-refractivity contribution in [2.45, 2.75) is 42.1 Å². The SMILES string of the molecule is CCC(NC1CC1c1ccccc1)Sc1cn[nH]n1. The van der Waals surface area contributed by atoms with E-state index in [-0.39, 0.29) is 0 Å². The average Bonchev–Trinajstić information content (AvgIpc) is 3.03. The van der Waals surface area contributed by atoms with E-state index in [0.717, 1.165) is 11.4 Å². The number of rotatable bonds is 6. The Morgan fingerprint density at radius 3 is 2.95 bits per heavy atom. The molecule has 0 saturated heterocycles. The summed E-state index contributed by atoms with van der Waals surface area (Å²) < 4.78 is 0. The van der Waals surface area contributed by atoms with Gasteiger partial charge in [-0.05, 0) is 18.4 Å². The Morgan fingerprint density at radius 2 is 2.26 bits per heavy atom. The molecule has 1 aliphatic rings. The Balaban J connectivity index is 1.54. The number of nitrogens with one attached hydrogen (secondary N) is 2. The molecule has 2 aromatic rings. The minimum atomic E-state index is 0.406. The highest BCUT2D eigenvalue weighted by molar-refractivity contribution is 7.99. The highest BCUT2D eigenvalue weighted by atomic mass is 32.2. The predicted molar refractivity (Wildman–Crippen MR) is 77.0 cm³/mol. The quantitative estimate of drug-likeness (QED) is 0.628. The van der Waals surface area contributed by atoms with E-state index < -0.39 is 0 Å². The second kappa shape index (κ2) is 5.75. The summed E-state index contributed by atoms with van der Waals surface area (Å²) in [6, 6.07) is 11.4. The molecule has 3 rings (SSSR count). The highest BCUT2D eigenvalue weighted by Gasteiger charge is 2.39. The summed E-state index contributed by atoms with van der Waals surface area (Å²) in [7, 11) is 0. The monoisotopic (exact) mass is 274 g/mol. The summed E-state index contributed by atoms with van der Waals surface area (Å²) in [6.45, 7) is 2.20. The fourth-order valence-electron chi connectivity index (χ4n) is 2.32. The number of nitrogens with zero attached hydrogens (tertiary/aromatic N) is 2. The van der Waals surface area contributed by atoms with Crippen LogP contribution in [0.3, 0.4) is 0 Å². The Hall–Kier alpha value is -1.33. The van der Waals surface area contributed by atoms with Gasteiger partial charge in [-0.25, -0.2) is 0 Å². The van der Waals surface area contributed by atoms with Gasteiger partial charge >= 0.3 is 0 Å². The molecule has 1 aromatic carbocycles. The van der Waals surface area contributed by atoms with Gasteiger partial charge in [0, 0.05) is 12.0 Å². The van der Waals surface area contributed by atoms with Gasteiger partial charge in [0.15, 0.2) is 0 Å². The third-order valence-corrected chi connectivity index (χ3v) is 4.64. The third-order valence-electron chi connectivity index (χ3n) is 3.44. The van der Waals surface area contributed by atoms with Crippen LogP contribution in [-0.2, 0) is 0 Å². The molecule has 1 fully saturated rings. The van der Waals surface area contributed by atoms with Crippen LogP contribution in [0.2, 0.25) is 0 Å². The maximum Gasteiger partial charge on any atom is 0.140 e. The predicted octanol–water partition coefficient (Wildman–Crippen LogP) is 2.78. The average molecular weight is 274 g/mol. The first-order valence-electron chi connectivity index (χ1n) is 6.70. The molecule has 0 bridgehead atoms. The molecule has 0 radical (unpaired) electrons. The van der Waals surface area contributed by atoms with Crippen LogP contribution in [0.1, 0.15) is 31.2 Å². The molecule has 4 nitrogen and oxygen atoms in total. The molecule has 19 heavy (non-hydrogen) atoms.